The number of rotatable bonds is 6. The number of amides is 1. The van der Waals surface area contributed by atoms with E-state index in [0.29, 0.717) is 23.7 Å². The number of hydrogen-bond donors (Lipinski definition) is 1. The predicted molar refractivity (Wildman–Crippen MR) is 90.3 cm³/mol. The molecule has 1 amide bonds. The van der Waals surface area contributed by atoms with Gasteiger partial charge in [0.2, 0.25) is 5.91 Å². The number of aryl methyl sites for hydroxylation is 2. The molecule has 2 rings (SSSR count). The van der Waals surface area contributed by atoms with Gasteiger partial charge in [0, 0.05) is 17.8 Å². The summed E-state index contributed by atoms with van der Waals surface area (Å²) in [4.78, 5) is 12.0. The van der Waals surface area contributed by atoms with Crippen LogP contribution >= 0.6 is 0 Å². The molecular formula is C18H24FN3O. The van der Waals surface area contributed by atoms with Crippen LogP contribution in [-0.2, 0) is 4.79 Å². The van der Waals surface area contributed by atoms with Gasteiger partial charge in [0.1, 0.15) is 5.69 Å². The maximum atomic E-state index is 14.3. The Bertz CT molecular complexity index is 694. The minimum Gasteiger partial charge on any atom is -0.326 e. The number of halogens is 1. The second-order valence-corrected chi connectivity index (χ2v) is 6.15. The minimum absolute atomic E-state index is 0.0794. The standard InChI is InChI=1S/C18H24FN3O/c1-5-6-12(2)9-18(23)20-15-7-8-17(16(19)11-15)22-14(4)10-13(3)21-22/h7-8,10-12H,5-6,9H2,1-4H3,(H,20,23). The fraction of sp³-hybridized carbons (Fsp3) is 0.444. The Morgan fingerprint density at radius 2 is 2.09 bits per heavy atom. The van der Waals surface area contributed by atoms with Gasteiger partial charge in [-0.1, -0.05) is 26.7 Å². The number of carbonyl (C=O) groups is 1. The van der Waals surface area contributed by atoms with Crippen molar-refractivity contribution in [2.75, 3.05) is 5.32 Å². The molecule has 124 valence electrons. The Morgan fingerprint density at radius 1 is 1.35 bits per heavy atom. The van der Waals surface area contributed by atoms with E-state index in [4.69, 9.17) is 0 Å². The lowest BCUT2D eigenvalue weighted by Gasteiger charge is -2.12. The van der Waals surface area contributed by atoms with Gasteiger partial charge in [0.15, 0.2) is 5.82 Å². The molecule has 0 saturated carbocycles. The van der Waals surface area contributed by atoms with Crippen molar-refractivity contribution in [3.05, 3.63) is 41.5 Å². The van der Waals surface area contributed by atoms with Gasteiger partial charge in [-0.2, -0.15) is 5.10 Å². The van der Waals surface area contributed by atoms with Crippen LogP contribution in [0.5, 0.6) is 0 Å². The molecule has 1 heterocycles. The van der Waals surface area contributed by atoms with Gasteiger partial charge in [-0.25, -0.2) is 9.07 Å². The zero-order chi connectivity index (χ0) is 17.0. The third-order valence-electron chi connectivity index (χ3n) is 3.78. The highest BCUT2D eigenvalue weighted by atomic mass is 19.1. The molecule has 1 aromatic carbocycles. The van der Waals surface area contributed by atoms with Gasteiger partial charge in [-0.15, -0.1) is 0 Å². The van der Waals surface area contributed by atoms with Gasteiger partial charge in [-0.3, -0.25) is 4.79 Å². The first-order chi connectivity index (χ1) is 10.9. The third-order valence-corrected chi connectivity index (χ3v) is 3.78. The van der Waals surface area contributed by atoms with Gasteiger partial charge in [0.05, 0.1) is 5.69 Å². The zero-order valence-corrected chi connectivity index (χ0v) is 14.2. The van der Waals surface area contributed by atoms with E-state index in [1.807, 2.05) is 19.9 Å². The van der Waals surface area contributed by atoms with Crippen molar-refractivity contribution < 1.29 is 9.18 Å². The molecule has 0 aliphatic rings. The molecule has 5 heteroatoms. The number of benzene rings is 1. The van der Waals surface area contributed by atoms with Gasteiger partial charge in [0.25, 0.3) is 0 Å². The average molecular weight is 317 g/mol. The van der Waals surface area contributed by atoms with Crippen LogP contribution in [0.3, 0.4) is 0 Å². The second-order valence-electron chi connectivity index (χ2n) is 6.15. The summed E-state index contributed by atoms with van der Waals surface area (Å²) in [5.74, 6) is -0.154. The fourth-order valence-electron chi connectivity index (χ4n) is 2.75. The third kappa shape index (κ3) is 4.41. The Kier molecular flexibility index (Phi) is 5.53. The lowest BCUT2D eigenvalue weighted by molar-refractivity contribution is -0.117. The summed E-state index contributed by atoms with van der Waals surface area (Å²) in [5.41, 5.74) is 2.56. The summed E-state index contributed by atoms with van der Waals surface area (Å²) >= 11 is 0. The number of carbonyl (C=O) groups excluding carboxylic acids is 1. The monoisotopic (exact) mass is 317 g/mol. The van der Waals surface area contributed by atoms with Crippen molar-refractivity contribution >= 4 is 11.6 Å². The molecule has 0 bridgehead atoms. The fourth-order valence-corrected chi connectivity index (χ4v) is 2.75. The molecular weight excluding hydrogens is 293 g/mol. The van der Waals surface area contributed by atoms with Crippen molar-refractivity contribution in [1.82, 2.24) is 9.78 Å². The number of nitrogens with one attached hydrogen (secondary N) is 1. The van der Waals surface area contributed by atoms with Gasteiger partial charge < -0.3 is 5.32 Å². The van der Waals surface area contributed by atoms with E-state index in [0.717, 1.165) is 24.2 Å². The molecule has 23 heavy (non-hydrogen) atoms. The second kappa shape index (κ2) is 7.40. The first kappa shape index (κ1) is 17.2. The van der Waals surface area contributed by atoms with Crippen LogP contribution in [0.25, 0.3) is 5.69 Å². The highest BCUT2D eigenvalue weighted by Gasteiger charge is 2.12. The van der Waals surface area contributed by atoms with E-state index in [-0.39, 0.29) is 5.91 Å². The van der Waals surface area contributed by atoms with Crippen LogP contribution in [0.2, 0.25) is 0 Å². The Morgan fingerprint density at radius 3 is 2.65 bits per heavy atom. The van der Waals surface area contributed by atoms with E-state index in [2.05, 4.69) is 24.3 Å². The summed E-state index contributed by atoms with van der Waals surface area (Å²) in [6.45, 7) is 7.90. The smallest absolute Gasteiger partial charge is 0.224 e. The van der Waals surface area contributed by atoms with Crippen molar-refractivity contribution in [3.63, 3.8) is 0 Å². The lowest BCUT2D eigenvalue weighted by Crippen LogP contribution is -2.15. The van der Waals surface area contributed by atoms with Crippen LogP contribution in [0.4, 0.5) is 10.1 Å². The molecule has 2 aromatic rings. The molecule has 0 spiro atoms. The topological polar surface area (TPSA) is 46.9 Å². The molecule has 0 radical (unpaired) electrons. The van der Waals surface area contributed by atoms with Crippen molar-refractivity contribution in [2.45, 2.75) is 47.0 Å². The van der Waals surface area contributed by atoms with Gasteiger partial charge >= 0.3 is 0 Å². The molecule has 1 N–H and O–H groups in total. The molecule has 4 nitrogen and oxygen atoms in total. The minimum atomic E-state index is -0.407. The van der Waals surface area contributed by atoms with Crippen molar-refractivity contribution in [3.8, 4) is 5.69 Å². The predicted octanol–water partition coefficient (Wildman–Crippen LogP) is 4.39. The summed E-state index contributed by atoms with van der Waals surface area (Å²) in [7, 11) is 0. The first-order valence-electron chi connectivity index (χ1n) is 8.03. The lowest BCUT2D eigenvalue weighted by atomic mass is 10.0. The Balaban J connectivity index is 2.10. The van der Waals surface area contributed by atoms with E-state index in [1.165, 1.54) is 6.07 Å². The molecule has 1 atom stereocenters. The van der Waals surface area contributed by atoms with Gasteiger partial charge in [-0.05, 0) is 44.0 Å². The van der Waals surface area contributed by atoms with Crippen molar-refractivity contribution in [1.29, 1.82) is 0 Å². The molecule has 0 fully saturated rings. The largest absolute Gasteiger partial charge is 0.326 e. The maximum Gasteiger partial charge on any atom is 0.224 e. The van der Waals surface area contributed by atoms with Crippen LogP contribution in [0, 0.1) is 25.6 Å². The highest BCUT2D eigenvalue weighted by molar-refractivity contribution is 5.90. The summed E-state index contributed by atoms with van der Waals surface area (Å²) in [6, 6.07) is 6.58. The summed E-state index contributed by atoms with van der Waals surface area (Å²) in [5, 5.41) is 7.04. The first-order valence-corrected chi connectivity index (χ1v) is 8.03. The SMILES string of the molecule is CCCC(C)CC(=O)Nc1ccc(-n2nc(C)cc2C)c(F)c1. The van der Waals surface area contributed by atoms with E-state index < -0.39 is 5.82 Å². The van der Waals surface area contributed by atoms with Crippen LogP contribution < -0.4 is 5.32 Å². The van der Waals surface area contributed by atoms with E-state index >= 15 is 0 Å². The summed E-state index contributed by atoms with van der Waals surface area (Å²) in [6.07, 6.45) is 2.52. The quantitative estimate of drug-likeness (QED) is 0.858. The normalized spacial score (nSPS) is 12.2. The summed E-state index contributed by atoms with van der Waals surface area (Å²) < 4.78 is 15.9. The molecule has 1 unspecified atom stereocenters. The van der Waals surface area contributed by atoms with Crippen LogP contribution in [-0.4, -0.2) is 15.7 Å². The number of nitrogens with zero attached hydrogens (tertiary/aromatic N) is 2. The number of anilines is 1. The van der Waals surface area contributed by atoms with Crippen LogP contribution in [0.15, 0.2) is 24.3 Å². The highest BCUT2D eigenvalue weighted by Crippen LogP contribution is 2.20. The number of aromatic nitrogens is 2. The van der Waals surface area contributed by atoms with Crippen molar-refractivity contribution in [2.24, 2.45) is 5.92 Å². The zero-order valence-electron chi connectivity index (χ0n) is 14.2. The van der Waals surface area contributed by atoms with E-state index in [1.54, 1.807) is 16.8 Å². The maximum absolute atomic E-state index is 14.3. The van der Waals surface area contributed by atoms with Crippen LogP contribution in [0.1, 0.15) is 44.5 Å². The number of hydrogen-bond acceptors (Lipinski definition) is 2. The molecule has 0 aliphatic carbocycles. The Labute approximate surface area is 136 Å². The Hall–Kier alpha value is -2.17. The molecule has 1 aromatic heterocycles. The molecule has 0 saturated heterocycles. The average Bonchev–Trinajstić information content (AvgIpc) is 2.77. The molecule has 0 aliphatic heterocycles. The van der Waals surface area contributed by atoms with E-state index in [9.17, 15) is 9.18 Å².